The summed E-state index contributed by atoms with van der Waals surface area (Å²) in [5.41, 5.74) is 4.98. The molecule has 2 aromatic carbocycles. The molecule has 4 rings (SSSR count). The highest BCUT2D eigenvalue weighted by molar-refractivity contribution is 7.89. The summed E-state index contributed by atoms with van der Waals surface area (Å²) in [6.45, 7) is 4.65. The third kappa shape index (κ3) is 4.52. The molecule has 0 saturated heterocycles. The van der Waals surface area contributed by atoms with Crippen LogP contribution in [0, 0.1) is 0 Å². The summed E-state index contributed by atoms with van der Waals surface area (Å²) in [7, 11) is -2.10. The van der Waals surface area contributed by atoms with Gasteiger partial charge in [-0.3, -0.25) is 4.79 Å². The Hall–Kier alpha value is -2.77. The summed E-state index contributed by atoms with van der Waals surface area (Å²) in [5, 5.41) is 4.66. The van der Waals surface area contributed by atoms with Crippen LogP contribution in [0.15, 0.2) is 58.2 Å². The Morgan fingerprint density at radius 2 is 1.70 bits per heavy atom. The molecule has 0 bridgehead atoms. The third-order valence-corrected chi connectivity index (χ3v) is 8.31. The summed E-state index contributed by atoms with van der Waals surface area (Å²) < 4.78 is 30.1. The molecule has 174 valence electrons. The van der Waals surface area contributed by atoms with E-state index in [1.165, 1.54) is 8.99 Å². The lowest BCUT2D eigenvalue weighted by Gasteiger charge is -2.22. The molecule has 0 aliphatic heterocycles. The molecule has 1 aromatic heterocycles. The first-order valence-electron chi connectivity index (χ1n) is 11.6. The molecule has 6 nitrogen and oxygen atoms in total. The van der Waals surface area contributed by atoms with Crippen LogP contribution < -0.4 is 5.56 Å². The molecule has 0 radical (unpaired) electrons. The van der Waals surface area contributed by atoms with Crippen molar-refractivity contribution in [2.24, 2.45) is 0 Å². The van der Waals surface area contributed by atoms with Crippen molar-refractivity contribution in [3.8, 4) is 11.3 Å². The molecule has 0 atom stereocenters. The van der Waals surface area contributed by atoms with Gasteiger partial charge in [0.1, 0.15) is 0 Å². The van der Waals surface area contributed by atoms with Crippen LogP contribution in [0.4, 0.5) is 0 Å². The molecule has 3 aromatic rings. The maximum atomic E-state index is 13.6. The van der Waals surface area contributed by atoms with E-state index in [0.29, 0.717) is 24.4 Å². The van der Waals surface area contributed by atoms with E-state index in [9.17, 15) is 13.2 Å². The van der Waals surface area contributed by atoms with E-state index in [0.717, 1.165) is 59.2 Å². The van der Waals surface area contributed by atoms with E-state index in [1.54, 1.807) is 13.1 Å². The normalized spacial score (nSPS) is 13.8. The van der Waals surface area contributed by atoms with Crippen molar-refractivity contribution in [2.75, 3.05) is 7.05 Å². The second-order valence-corrected chi connectivity index (χ2v) is 10.6. The maximum absolute atomic E-state index is 13.6. The molecular weight excluding hydrogens is 434 g/mol. The predicted molar refractivity (Wildman–Crippen MR) is 131 cm³/mol. The zero-order valence-electron chi connectivity index (χ0n) is 19.5. The minimum atomic E-state index is -3.72. The molecular formula is C26H31N3O3S. The van der Waals surface area contributed by atoms with Crippen LogP contribution in [-0.4, -0.2) is 29.6 Å². The number of aromatic nitrogens is 2. The number of hydrogen-bond donors (Lipinski definition) is 0. The zero-order valence-corrected chi connectivity index (χ0v) is 20.4. The first kappa shape index (κ1) is 23.4. The molecule has 1 aliphatic rings. The van der Waals surface area contributed by atoms with Gasteiger partial charge >= 0.3 is 0 Å². The summed E-state index contributed by atoms with van der Waals surface area (Å²) in [6, 6.07) is 15.2. The second kappa shape index (κ2) is 9.61. The van der Waals surface area contributed by atoms with Gasteiger partial charge in [0.25, 0.3) is 5.56 Å². The van der Waals surface area contributed by atoms with E-state index in [-0.39, 0.29) is 5.56 Å². The molecule has 7 heteroatoms. The molecule has 0 fully saturated rings. The Morgan fingerprint density at radius 3 is 2.36 bits per heavy atom. The van der Waals surface area contributed by atoms with E-state index < -0.39 is 10.0 Å². The average Bonchev–Trinajstić information content (AvgIpc) is 2.84. The Bertz CT molecular complexity index is 1310. The van der Waals surface area contributed by atoms with E-state index >= 15 is 0 Å². The number of sulfonamides is 1. The Morgan fingerprint density at radius 1 is 1.00 bits per heavy atom. The molecule has 0 saturated carbocycles. The van der Waals surface area contributed by atoms with Crippen LogP contribution in [0.25, 0.3) is 11.3 Å². The molecule has 1 heterocycles. The van der Waals surface area contributed by atoms with Gasteiger partial charge in [0, 0.05) is 31.3 Å². The first-order valence-corrected chi connectivity index (χ1v) is 13.1. The van der Waals surface area contributed by atoms with E-state index in [4.69, 9.17) is 0 Å². The highest BCUT2D eigenvalue weighted by atomic mass is 32.2. The lowest BCUT2D eigenvalue weighted by molar-refractivity contribution is 0.466. The van der Waals surface area contributed by atoms with Crippen molar-refractivity contribution in [2.45, 2.75) is 63.9 Å². The minimum absolute atomic E-state index is 0.0171. The van der Waals surface area contributed by atoms with Crippen molar-refractivity contribution in [1.82, 2.24) is 14.1 Å². The van der Waals surface area contributed by atoms with Crippen LogP contribution in [0.2, 0.25) is 0 Å². The van der Waals surface area contributed by atoms with Crippen molar-refractivity contribution in [3.63, 3.8) is 0 Å². The van der Waals surface area contributed by atoms with Crippen LogP contribution in [0.3, 0.4) is 0 Å². The molecule has 33 heavy (non-hydrogen) atoms. The number of aryl methyl sites for hydroxylation is 2. The Kier molecular flexibility index (Phi) is 6.81. The molecule has 0 amide bonds. The van der Waals surface area contributed by atoms with Crippen molar-refractivity contribution in [1.29, 1.82) is 0 Å². The van der Waals surface area contributed by atoms with Gasteiger partial charge in [0.05, 0.1) is 10.6 Å². The van der Waals surface area contributed by atoms with Gasteiger partial charge in [0.2, 0.25) is 10.0 Å². The fraction of sp³-hybridized carbons (Fsp3) is 0.385. The summed E-state index contributed by atoms with van der Waals surface area (Å²) in [4.78, 5) is 13.1. The predicted octanol–water partition coefficient (Wildman–Crippen LogP) is 4.19. The molecule has 0 spiro atoms. The second-order valence-electron chi connectivity index (χ2n) is 8.56. The van der Waals surface area contributed by atoms with Gasteiger partial charge in [-0.05, 0) is 61.8 Å². The first-order chi connectivity index (χ1) is 15.9. The Balaban J connectivity index is 1.82. The summed E-state index contributed by atoms with van der Waals surface area (Å²) >= 11 is 0. The highest BCUT2D eigenvalue weighted by Crippen LogP contribution is 2.32. The van der Waals surface area contributed by atoms with Gasteiger partial charge in [-0.25, -0.2) is 13.1 Å². The fourth-order valence-corrected chi connectivity index (χ4v) is 6.03. The number of rotatable bonds is 7. The van der Waals surface area contributed by atoms with Gasteiger partial charge < -0.3 is 0 Å². The van der Waals surface area contributed by atoms with Gasteiger partial charge in [-0.15, -0.1) is 0 Å². The van der Waals surface area contributed by atoms with Gasteiger partial charge in [0.15, 0.2) is 0 Å². The maximum Gasteiger partial charge on any atom is 0.270 e. The van der Waals surface area contributed by atoms with E-state index in [2.05, 4.69) is 5.10 Å². The number of hydrogen-bond acceptors (Lipinski definition) is 4. The third-order valence-electron chi connectivity index (χ3n) is 6.42. The Labute approximate surface area is 195 Å². The lowest BCUT2D eigenvalue weighted by Crippen LogP contribution is -2.30. The summed E-state index contributed by atoms with van der Waals surface area (Å²) in [6.07, 6.45) is 4.15. The quantitative estimate of drug-likeness (QED) is 0.524. The highest BCUT2D eigenvalue weighted by Gasteiger charge is 2.26. The van der Waals surface area contributed by atoms with E-state index in [1.807, 2.05) is 56.3 Å². The SMILES string of the molecule is CCc1ccc(-c2nn(CC)c(=O)c3c2CCCC3)cc1S(=O)(=O)N(C)Cc1ccccc1. The zero-order chi connectivity index (χ0) is 23.6. The van der Waals surface area contributed by atoms with Crippen molar-refractivity contribution >= 4 is 10.0 Å². The number of fused-ring (bicyclic) bond motifs is 1. The van der Waals surface area contributed by atoms with Crippen molar-refractivity contribution < 1.29 is 8.42 Å². The summed E-state index contributed by atoms with van der Waals surface area (Å²) in [5.74, 6) is 0. The van der Waals surface area contributed by atoms with Crippen LogP contribution in [0.1, 0.15) is 48.9 Å². The lowest BCUT2D eigenvalue weighted by atomic mass is 9.89. The standard InChI is InChI=1S/C26H31N3O3S/c1-4-20-15-16-21(25-22-13-9-10-14-23(22)26(30)29(5-2)27-25)17-24(20)33(31,32)28(3)18-19-11-7-6-8-12-19/h6-8,11-12,15-17H,4-5,9-10,13-14,18H2,1-3H3. The van der Waals surface area contributed by atoms with Crippen molar-refractivity contribution in [3.05, 3.63) is 81.1 Å². The number of nitrogens with zero attached hydrogens (tertiary/aromatic N) is 3. The molecule has 0 unspecified atom stereocenters. The number of benzene rings is 2. The fourth-order valence-electron chi connectivity index (χ4n) is 4.56. The molecule has 1 aliphatic carbocycles. The minimum Gasteiger partial charge on any atom is -0.267 e. The molecule has 0 N–H and O–H groups in total. The topological polar surface area (TPSA) is 72.3 Å². The van der Waals surface area contributed by atoms with Gasteiger partial charge in [-0.2, -0.15) is 9.40 Å². The monoisotopic (exact) mass is 465 g/mol. The average molecular weight is 466 g/mol. The largest absolute Gasteiger partial charge is 0.270 e. The van der Waals surface area contributed by atoms with Crippen LogP contribution >= 0.6 is 0 Å². The van der Waals surface area contributed by atoms with Crippen LogP contribution in [-0.2, 0) is 42.4 Å². The van der Waals surface area contributed by atoms with Gasteiger partial charge in [-0.1, -0.05) is 49.4 Å². The van der Waals surface area contributed by atoms with Crippen LogP contribution in [0.5, 0.6) is 0 Å². The smallest absolute Gasteiger partial charge is 0.267 e.